The van der Waals surface area contributed by atoms with E-state index in [1.807, 2.05) is 35.2 Å². The molecule has 26 heavy (non-hydrogen) atoms. The van der Waals surface area contributed by atoms with Gasteiger partial charge in [0.2, 0.25) is 5.91 Å². The third-order valence-electron chi connectivity index (χ3n) is 4.37. The first-order chi connectivity index (χ1) is 12.3. The first kappa shape index (κ1) is 18.9. The van der Waals surface area contributed by atoms with E-state index in [4.69, 9.17) is 5.11 Å². The molecule has 3 rings (SSSR count). The number of carbonyl (C=O) groups excluding carboxylic acids is 1. The normalized spacial score (nSPS) is 25.4. The molecule has 0 saturated carbocycles. The lowest BCUT2D eigenvalue weighted by molar-refractivity contribution is -0.137. The molecule has 1 aromatic rings. The van der Waals surface area contributed by atoms with Crippen LogP contribution in [0.4, 0.5) is 0 Å². The fourth-order valence-corrected chi connectivity index (χ4v) is 7.12. The van der Waals surface area contributed by atoms with Gasteiger partial charge in [-0.1, -0.05) is 42.1 Å². The van der Waals surface area contributed by atoms with Crippen LogP contribution in [0.25, 0.3) is 0 Å². The number of sulfone groups is 1. The molecule has 1 amide bonds. The molecular formula is C17H20N2O5S2. The van der Waals surface area contributed by atoms with Crippen LogP contribution in [0.2, 0.25) is 0 Å². The first-order valence-corrected chi connectivity index (χ1v) is 11.0. The number of hydrogen-bond acceptors (Lipinski definition) is 5. The van der Waals surface area contributed by atoms with Crippen molar-refractivity contribution in [1.29, 1.82) is 0 Å². The summed E-state index contributed by atoms with van der Waals surface area (Å²) in [6.07, 6.45) is 0.250. The van der Waals surface area contributed by atoms with E-state index >= 15 is 0 Å². The minimum atomic E-state index is -3.07. The van der Waals surface area contributed by atoms with E-state index in [2.05, 4.69) is 4.99 Å². The number of carboxylic acid groups (broad SMARTS) is 1. The molecule has 0 spiro atoms. The first-order valence-electron chi connectivity index (χ1n) is 8.35. The Morgan fingerprint density at radius 3 is 2.62 bits per heavy atom. The number of aliphatic imine (C=N–C) groups is 1. The highest BCUT2D eigenvalue weighted by Gasteiger charge is 2.48. The van der Waals surface area contributed by atoms with Crippen LogP contribution in [0.5, 0.6) is 0 Å². The Hall–Kier alpha value is -1.87. The molecule has 140 valence electrons. The molecule has 2 aliphatic rings. The highest BCUT2D eigenvalue weighted by molar-refractivity contribution is 8.15. The molecule has 0 bridgehead atoms. The van der Waals surface area contributed by atoms with Crippen LogP contribution in [0, 0.1) is 0 Å². The van der Waals surface area contributed by atoms with E-state index in [0.717, 1.165) is 5.56 Å². The molecule has 2 fully saturated rings. The predicted octanol–water partition coefficient (Wildman–Crippen LogP) is 1.54. The monoisotopic (exact) mass is 396 g/mol. The van der Waals surface area contributed by atoms with Crippen molar-refractivity contribution < 1.29 is 23.1 Å². The van der Waals surface area contributed by atoms with Crippen LogP contribution < -0.4 is 0 Å². The van der Waals surface area contributed by atoms with Crippen LogP contribution in [0.15, 0.2) is 35.3 Å². The summed E-state index contributed by atoms with van der Waals surface area (Å²) in [6, 6.07) is 9.45. The molecule has 1 N–H and O–H groups in total. The number of carbonyl (C=O) groups is 2. The molecule has 2 atom stereocenters. The van der Waals surface area contributed by atoms with Crippen molar-refractivity contribution in [3.63, 3.8) is 0 Å². The van der Waals surface area contributed by atoms with E-state index in [-0.39, 0.29) is 48.0 Å². The van der Waals surface area contributed by atoms with Gasteiger partial charge in [0.15, 0.2) is 15.0 Å². The highest BCUT2D eigenvalue weighted by Crippen LogP contribution is 2.39. The van der Waals surface area contributed by atoms with Gasteiger partial charge in [0.05, 0.1) is 17.5 Å². The Morgan fingerprint density at radius 2 is 1.92 bits per heavy atom. The summed E-state index contributed by atoms with van der Waals surface area (Å²) >= 11 is 1.34. The fraction of sp³-hybridized carbons (Fsp3) is 0.471. The zero-order valence-corrected chi connectivity index (χ0v) is 15.7. The number of fused-ring (bicyclic) bond motifs is 1. The van der Waals surface area contributed by atoms with Crippen LogP contribution in [0.1, 0.15) is 24.8 Å². The number of aliphatic carboxylic acids is 1. The van der Waals surface area contributed by atoms with Gasteiger partial charge in [-0.2, -0.15) is 4.99 Å². The summed E-state index contributed by atoms with van der Waals surface area (Å²) in [5.74, 6) is -1.13. The lowest BCUT2D eigenvalue weighted by atomic mass is 10.1. The topological polar surface area (TPSA) is 104 Å². The standard InChI is InChI=1S/C17H20N2O5S2/c20-15(7-4-8-16(21)22)18-17-19(9-12-5-2-1-3-6-12)13-10-26(23,24)11-14(13)25-17/h1-3,5-6,13-14H,4,7-11H2,(H,21,22)/t13-,14-/m1/s1. The number of hydrogen-bond donors (Lipinski definition) is 1. The second-order valence-electron chi connectivity index (χ2n) is 6.45. The minimum Gasteiger partial charge on any atom is -0.481 e. The number of rotatable bonds is 6. The Balaban J connectivity index is 1.76. The Kier molecular flexibility index (Phi) is 5.67. The number of amidine groups is 1. The average molecular weight is 396 g/mol. The summed E-state index contributed by atoms with van der Waals surface area (Å²) < 4.78 is 23.9. The smallest absolute Gasteiger partial charge is 0.303 e. The van der Waals surface area contributed by atoms with E-state index in [1.54, 1.807) is 0 Å². The summed E-state index contributed by atoms with van der Waals surface area (Å²) in [4.78, 5) is 28.7. The summed E-state index contributed by atoms with van der Waals surface area (Å²) in [6.45, 7) is 0.492. The molecule has 1 aromatic carbocycles. The number of amides is 1. The summed E-state index contributed by atoms with van der Waals surface area (Å²) in [5, 5.41) is 9.08. The van der Waals surface area contributed by atoms with Gasteiger partial charge in [-0.25, -0.2) is 8.42 Å². The molecule has 2 aliphatic heterocycles. The molecule has 2 saturated heterocycles. The highest BCUT2D eigenvalue weighted by atomic mass is 32.2. The van der Waals surface area contributed by atoms with Gasteiger partial charge >= 0.3 is 5.97 Å². The van der Waals surface area contributed by atoms with Crippen LogP contribution >= 0.6 is 11.8 Å². The van der Waals surface area contributed by atoms with Gasteiger partial charge in [-0.3, -0.25) is 9.59 Å². The van der Waals surface area contributed by atoms with Crippen molar-refractivity contribution in [2.45, 2.75) is 37.1 Å². The lowest BCUT2D eigenvalue weighted by Gasteiger charge is -2.24. The van der Waals surface area contributed by atoms with Crippen LogP contribution in [0.3, 0.4) is 0 Å². The third-order valence-corrected chi connectivity index (χ3v) is 7.62. The van der Waals surface area contributed by atoms with Crippen molar-refractivity contribution in [2.24, 2.45) is 4.99 Å². The number of benzene rings is 1. The predicted molar refractivity (Wildman–Crippen MR) is 99.7 cm³/mol. The Labute approximate surface area is 156 Å². The quantitative estimate of drug-likeness (QED) is 0.778. The van der Waals surface area contributed by atoms with Crippen molar-refractivity contribution in [3.8, 4) is 0 Å². The second kappa shape index (κ2) is 7.79. The number of carboxylic acids is 1. The maximum Gasteiger partial charge on any atom is 0.303 e. The maximum atomic E-state index is 12.1. The molecule has 2 heterocycles. The maximum absolute atomic E-state index is 12.1. The largest absolute Gasteiger partial charge is 0.481 e. The van der Waals surface area contributed by atoms with Crippen LogP contribution in [-0.4, -0.2) is 58.3 Å². The second-order valence-corrected chi connectivity index (χ2v) is 9.81. The van der Waals surface area contributed by atoms with Gasteiger partial charge < -0.3 is 10.0 Å². The van der Waals surface area contributed by atoms with E-state index < -0.39 is 15.8 Å². The van der Waals surface area contributed by atoms with Crippen molar-refractivity contribution >= 4 is 38.6 Å². The van der Waals surface area contributed by atoms with Crippen molar-refractivity contribution in [2.75, 3.05) is 11.5 Å². The molecular weight excluding hydrogens is 376 g/mol. The number of nitrogens with zero attached hydrogens (tertiary/aromatic N) is 2. The van der Waals surface area contributed by atoms with Gasteiger partial charge in [-0.15, -0.1) is 0 Å². The van der Waals surface area contributed by atoms with Crippen molar-refractivity contribution in [1.82, 2.24) is 4.90 Å². The van der Waals surface area contributed by atoms with Gasteiger partial charge in [0.25, 0.3) is 0 Å². The van der Waals surface area contributed by atoms with E-state index in [1.165, 1.54) is 11.8 Å². The van der Waals surface area contributed by atoms with E-state index in [0.29, 0.717) is 11.7 Å². The minimum absolute atomic E-state index is 0.0685. The molecule has 9 heteroatoms. The molecule has 0 aliphatic carbocycles. The van der Waals surface area contributed by atoms with Crippen LogP contribution in [-0.2, 0) is 26.0 Å². The summed E-state index contributed by atoms with van der Waals surface area (Å²) in [5.41, 5.74) is 1.02. The zero-order chi connectivity index (χ0) is 18.7. The fourth-order valence-electron chi connectivity index (χ4n) is 3.15. The van der Waals surface area contributed by atoms with E-state index in [9.17, 15) is 18.0 Å². The molecule has 0 unspecified atom stereocenters. The molecule has 0 aromatic heterocycles. The SMILES string of the molecule is O=C(O)CCCC(=O)N=C1S[C@@H]2CS(=O)(=O)C[C@H]2N1Cc1ccccc1. The van der Waals surface area contributed by atoms with Gasteiger partial charge in [-0.05, 0) is 12.0 Å². The number of thioether (sulfide) groups is 1. The van der Waals surface area contributed by atoms with Crippen molar-refractivity contribution in [3.05, 3.63) is 35.9 Å². The zero-order valence-electron chi connectivity index (χ0n) is 14.1. The molecule has 0 radical (unpaired) electrons. The lowest BCUT2D eigenvalue weighted by Crippen LogP contribution is -2.37. The third kappa shape index (κ3) is 4.64. The molecule has 7 nitrogen and oxygen atoms in total. The average Bonchev–Trinajstić information content (AvgIpc) is 3.01. The van der Waals surface area contributed by atoms with Gasteiger partial charge in [0, 0.05) is 24.6 Å². The Morgan fingerprint density at radius 1 is 1.19 bits per heavy atom. The summed E-state index contributed by atoms with van der Waals surface area (Å²) in [7, 11) is -3.07. The van der Waals surface area contributed by atoms with Gasteiger partial charge in [0.1, 0.15) is 0 Å². The Bertz CT molecular complexity index is 823.